The van der Waals surface area contributed by atoms with Gasteiger partial charge in [-0.15, -0.1) is 0 Å². The summed E-state index contributed by atoms with van der Waals surface area (Å²) in [6.45, 7) is -0.340. The van der Waals surface area contributed by atoms with Crippen LogP contribution >= 0.6 is 0 Å². The fraction of sp³-hybridized carbons (Fsp3) is 0.179. The molecule has 37 heavy (non-hydrogen) atoms. The smallest absolute Gasteiger partial charge is 0.312 e. The third kappa shape index (κ3) is 4.47. The zero-order chi connectivity index (χ0) is 26.1. The number of benzene rings is 3. The Bertz CT molecular complexity index is 1460. The molecule has 0 aromatic heterocycles. The molecule has 9 nitrogen and oxygen atoms in total. The second-order valence-corrected chi connectivity index (χ2v) is 8.43. The fourth-order valence-electron chi connectivity index (χ4n) is 4.49. The molecule has 0 spiro atoms. The maximum absolute atomic E-state index is 13.3. The summed E-state index contributed by atoms with van der Waals surface area (Å²) in [5, 5.41) is 0. The van der Waals surface area contributed by atoms with Crippen LogP contribution in [-0.4, -0.2) is 38.5 Å². The number of amides is 1. The molecular formula is C28H23NO8. The number of hydrogen-bond donors (Lipinski definition) is 1. The van der Waals surface area contributed by atoms with Gasteiger partial charge in [-0.25, -0.2) is 0 Å². The molecule has 2 N–H and O–H groups in total. The Hall–Kier alpha value is -4.79. The molecular weight excluding hydrogens is 478 g/mol. The van der Waals surface area contributed by atoms with E-state index in [0.29, 0.717) is 51.0 Å². The normalized spacial score (nSPS) is 16.9. The summed E-state index contributed by atoms with van der Waals surface area (Å²) < 4.78 is 27.9. The first-order valence-corrected chi connectivity index (χ1v) is 11.4. The first-order chi connectivity index (χ1) is 17.9. The standard InChI is InChI=1S/C28H23NO8/c1-33-19-6-4-3-5-16(19)12-23-27(32)17-8-10-21-26(28(17)37-23)18(13-25(31)36-21)15-7-9-20(34-2)22(11-15)35-14-24(29)30/h3-12,18H,13-14H2,1-2H3,(H2,29,30)/b23-12-/t18-/m1/s1. The molecule has 0 unspecified atom stereocenters. The minimum Gasteiger partial charge on any atom is -0.496 e. The molecule has 0 fully saturated rings. The predicted octanol–water partition coefficient (Wildman–Crippen LogP) is 3.63. The van der Waals surface area contributed by atoms with Crippen LogP contribution in [0.4, 0.5) is 0 Å². The van der Waals surface area contributed by atoms with Crippen molar-refractivity contribution in [3.63, 3.8) is 0 Å². The summed E-state index contributed by atoms with van der Waals surface area (Å²) in [5.41, 5.74) is 7.53. The molecule has 2 aliphatic heterocycles. The lowest BCUT2D eigenvalue weighted by Gasteiger charge is -2.26. The van der Waals surface area contributed by atoms with E-state index in [1.165, 1.54) is 7.11 Å². The summed E-state index contributed by atoms with van der Waals surface area (Å²) >= 11 is 0. The molecule has 0 saturated carbocycles. The minimum absolute atomic E-state index is 0.00808. The number of methoxy groups -OCH3 is 2. The van der Waals surface area contributed by atoms with Crippen molar-refractivity contribution in [1.82, 2.24) is 0 Å². The van der Waals surface area contributed by atoms with Gasteiger partial charge in [0.1, 0.15) is 17.2 Å². The van der Waals surface area contributed by atoms with Gasteiger partial charge in [0, 0.05) is 17.0 Å². The molecule has 0 aliphatic carbocycles. The Morgan fingerprint density at radius 1 is 1.00 bits per heavy atom. The lowest BCUT2D eigenvalue weighted by Crippen LogP contribution is -2.22. The van der Waals surface area contributed by atoms with E-state index in [0.717, 1.165) is 0 Å². The summed E-state index contributed by atoms with van der Waals surface area (Å²) in [6.07, 6.45) is 1.63. The largest absolute Gasteiger partial charge is 0.496 e. The molecule has 3 aromatic rings. The van der Waals surface area contributed by atoms with Crippen LogP contribution in [0.25, 0.3) is 6.08 Å². The van der Waals surface area contributed by atoms with Crippen LogP contribution in [0, 0.1) is 0 Å². The molecule has 9 heteroatoms. The summed E-state index contributed by atoms with van der Waals surface area (Å²) in [6, 6.07) is 15.6. The van der Waals surface area contributed by atoms with Crippen LogP contribution in [0.15, 0.2) is 60.4 Å². The second-order valence-electron chi connectivity index (χ2n) is 8.43. The van der Waals surface area contributed by atoms with Gasteiger partial charge in [0.05, 0.1) is 26.2 Å². The average Bonchev–Trinajstić information content (AvgIpc) is 3.21. The number of carbonyl (C=O) groups excluding carboxylic acids is 3. The predicted molar refractivity (Wildman–Crippen MR) is 132 cm³/mol. The van der Waals surface area contributed by atoms with Gasteiger partial charge in [-0.1, -0.05) is 24.3 Å². The molecule has 0 bridgehead atoms. The lowest BCUT2D eigenvalue weighted by molar-refractivity contribution is -0.135. The molecule has 0 saturated heterocycles. The molecule has 188 valence electrons. The highest BCUT2D eigenvalue weighted by Crippen LogP contribution is 2.50. The van der Waals surface area contributed by atoms with Crippen LogP contribution in [0.2, 0.25) is 0 Å². The number of allylic oxidation sites excluding steroid dienone is 1. The van der Waals surface area contributed by atoms with Crippen molar-refractivity contribution in [2.24, 2.45) is 5.73 Å². The van der Waals surface area contributed by atoms with Crippen LogP contribution in [0.1, 0.15) is 39.4 Å². The van der Waals surface area contributed by atoms with E-state index in [1.807, 2.05) is 18.2 Å². The third-order valence-corrected chi connectivity index (χ3v) is 6.17. The van der Waals surface area contributed by atoms with Crippen LogP contribution < -0.4 is 29.4 Å². The highest BCUT2D eigenvalue weighted by Gasteiger charge is 2.38. The molecule has 0 radical (unpaired) electrons. The van der Waals surface area contributed by atoms with Crippen molar-refractivity contribution in [3.05, 3.63) is 82.6 Å². The van der Waals surface area contributed by atoms with Gasteiger partial charge in [0.15, 0.2) is 23.9 Å². The zero-order valence-electron chi connectivity index (χ0n) is 20.1. The first-order valence-electron chi connectivity index (χ1n) is 11.4. The van der Waals surface area contributed by atoms with Gasteiger partial charge >= 0.3 is 5.97 Å². The number of esters is 1. The summed E-state index contributed by atoms with van der Waals surface area (Å²) in [7, 11) is 3.02. The highest BCUT2D eigenvalue weighted by molar-refractivity contribution is 6.15. The molecule has 2 heterocycles. The fourth-order valence-corrected chi connectivity index (χ4v) is 4.49. The van der Waals surface area contributed by atoms with E-state index >= 15 is 0 Å². The lowest BCUT2D eigenvalue weighted by atomic mass is 9.84. The topological polar surface area (TPSA) is 123 Å². The monoisotopic (exact) mass is 501 g/mol. The number of ether oxygens (including phenoxy) is 5. The highest BCUT2D eigenvalue weighted by atomic mass is 16.5. The van der Waals surface area contributed by atoms with Crippen molar-refractivity contribution >= 4 is 23.7 Å². The molecule has 2 aliphatic rings. The van der Waals surface area contributed by atoms with E-state index in [9.17, 15) is 14.4 Å². The quantitative estimate of drug-likeness (QED) is 0.296. The SMILES string of the molecule is COc1ccccc1/C=C1\Oc2c(ccc3c2[C@@H](c2ccc(OC)c(OCC(N)=O)c2)CC(=O)O3)C1=O. The van der Waals surface area contributed by atoms with E-state index in [1.54, 1.807) is 49.6 Å². The van der Waals surface area contributed by atoms with Crippen LogP contribution in [-0.2, 0) is 9.59 Å². The second kappa shape index (κ2) is 9.69. The van der Waals surface area contributed by atoms with E-state index in [-0.39, 0.29) is 24.6 Å². The minimum atomic E-state index is -0.641. The van der Waals surface area contributed by atoms with Crippen molar-refractivity contribution in [1.29, 1.82) is 0 Å². The Labute approximate surface area is 212 Å². The van der Waals surface area contributed by atoms with Crippen molar-refractivity contribution in [2.45, 2.75) is 12.3 Å². The Balaban J connectivity index is 1.58. The van der Waals surface area contributed by atoms with E-state index in [2.05, 4.69) is 0 Å². The number of ketones is 1. The maximum Gasteiger partial charge on any atom is 0.312 e. The van der Waals surface area contributed by atoms with Crippen molar-refractivity contribution < 1.29 is 38.1 Å². The molecule has 1 amide bonds. The number of hydrogen-bond acceptors (Lipinski definition) is 8. The van der Waals surface area contributed by atoms with Crippen LogP contribution in [0.5, 0.6) is 28.7 Å². The Morgan fingerprint density at radius 2 is 1.78 bits per heavy atom. The number of primary amides is 1. The number of carbonyl (C=O) groups is 3. The third-order valence-electron chi connectivity index (χ3n) is 6.17. The maximum atomic E-state index is 13.3. The van der Waals surface area contributed by atoms with Gasteiger partial charge in [-0.3, -0.25) is 14.4 Å². The molecule has 3 aromatic carbocycles. The Morgan fingerprint density at radius 3 is 2.54 bits per heavy atom. The van der Waals surface area contributed by atoms with Gasteiger partial charge in [-0.2, -0.15) is 0 Å². The van der Waals surface area contributed by atoms with E-state index in [4.69, 9.17) is 29.4 Å². The number of nitrogens with two attached hydrogens (primary N) is 1. The van der Waals surface area contributed by atoms with E-state index < -0.39 is 17.8 Å². The van der Waals surface area contributed by atoms with Crippen molar-refractivity contribution in [3.8, 4) is 28.7 Å². The summed E-state index contributed by atoms with van der Waals surface area (Å²) in [5.74, 6) is 0.183. The van der Waals surface area contributed by atoms with Gasteiger partial charge < -0.3 is 29.4 Å². The number of fused-ring (bicyclic) bond motifs is 3. The number of Topliss-reactive ketones (excluding diaryl/α,β-unsaturated/α-hetero) is 1. The average molecular weight is 501 g/mol. The Kier molecular flexibility index (Phi) is 6.27. The van der Waals surface area contributed by atoms with Gasteiger partial charge in [0.2, 0.25) is 5.78 Å². The number of para-hydroxylation sites is 1. The summed E-state index contributed by atoms with van der Waals surface area (Å²) in [4.78, 5) is 37.0. The number of rotatable bonds is 7. The van der Waals surface area contributed by atoms with Gasteiger partial charge in [-0.05, 0) is 42.0 Å². The van der Waals surface area contributed by atoms with Gasteiger partial charge in [0.25, 0.3) is 5.91 Å². The zero-order valence-corrected chi connectivity index (χ0v) is 20.1. The molecule has 1 atom stereocenters. The first kappa shape index (κ1) is 23.9. The molecule has 5 rings (SSSR count). The van der Waals surface area contributed by atoms with Crippen molar-refractivity contribution in [2.75, 3.05) is 20.8 Å². The van der Waals surface area contributed by atoms with Crippen LogP contribution in [0.3, 0.4) is 0 Å².